The lowest BCUT2D eigenvalue weighted by molar-refractivity contribution is -0.143. The number of amides is 2. The SMILES string of the molecule is O=C1C(NS(=O)(=O)/C=C/c2ccc(Cl)s2)CCCN1CC(=O)N1CCCC1CN1CCCc2ccccc21. The molecule has 2 atom stereocenters. The number of piperidine rings is 1. The average molecular weight is 577 g/mol. The first-order chi connectivity index (χ1) is 18.3. The Hall–Kier alpha value is -2.40. The van der Waals surface area contributed by atoms with Crippen molar-refractivity contribution < 1.29 is 18.0 Å². The predicted molar refractivity (Wildman–Crippen MR) is 152 cm³/mol. The second-order valence-corrected chi connectivity index (χ2v) is 13.5. The van der Waals surface area contributed by atoms with Gasteiger partial charge in [0.2, 0.25) is 21.8 Å². The van der Waals surface area contributed by atoms with E-state index in [1.165, 1.54) is 33.6 Å². The van der Waals surface area contributed by atoms with Crippen LogP contribution in [0.4, 0.5) is 5.69 Å². The van der Waals surface area contributed by atoms with Gasteiger partial charge in [-0.1, -0.05) is 29.8 Å². The van der Waals surface area contributed by atoms with Crippen LogP contribution in [-0.4, -0.2) is 74.8 Å². The summed E-state index contributed by atoms with van der Waals surface area (Å²) in [7, 11) is -3.84. The molecule has 0 radical (unpaired) electrons. The molecule has 2 saturated heterocycles. The molecule has 0 aliphatic carbocycles. The number of halogens is 1. The Labute approximate surface area is 233 Å². The third-order valence-electron chi connectivity index (χ3n) is 7.50. The van der Waals surface area contributed by atoms with Crippen LogP contribution >= 0.6 is 22.9 Å². The quantitative estimate of drug-likeness (QED) is 0.517. The number of nitrogens with zero attached hydrogens (tertiary/aromatic N) is 3. The van der Waals surface area contributed by atoms with Gasteiger partial charge in [-0.15, -0.1) is 11.3 Å². The van der Waals surface area contributed by atoms with E-state index in [0.717, 1.165) is 44.2 Å². The molecule has 4 heterocycles. The van der Waals surface area contributed by atoms with Gasteiger partial charge in [0.25, 0.3) is 0 Å². The summed E-state index contributed by atoms with van der Waals surface area (Å²) in [5, 5.41) is 1.06. The van der Waals surface area contributed by atoms with E-state index in [9.17, 15) is 18.0 Å². The molecule has 1 N–H and O–H groups in total. The predicted octanol–water partition coefficient (Wildman–Crippen LogP) is 3.73. The number of fused-ring (bicyclic) bond motifs is 1. The number of likely N-dealkylation sites (tertiary alicyclic amines) is 2. The van der Waals surface area contributed by atoms with Gasteiger partial charge in [0, 0.05) is 48.2 Å². The van der Waals surface area contributed by atoms with Gasteiger partial charge in [0.05, 0.1) is 10.9 Å². The van der Waals surface area contributed by atoms with Gasteiger partial charge >= 0.3 is 0 Å². The third kappa shape index (κ3) is 6.42. The first-order valence-corrected chi connectivity index (χ1v) is 15.9. The van der Waals surface area contributed by atoms with Crippen molar-refractivity contribution >= 4 is 56.5 Å². The fourth-order valence-electron chi connectivity index (χ4n) is 5.68. The Kier molecular flexibility index (Phi) is 8.42. The van der Waals surface area contributed by atoms with E-state index in [4.69, 9.17) is 11.6 Å². The summed E-state index contributed by atoms with van der Waals surface area (Å²) in [5.41, 5.74) is 2.62. The van der Waals surface area contributed by atoms with Gasteiger partial charge in [-0.2, -0.15) is 4.72 Å². The van der Waals surface area contributed by atoms with E-state index >= 15 is 0 Å². The number of nitrogens with one attached hydrogen (secondary N) is 1. The Balaban J connectivity index is 1.19. The molecule has 2 amide bonds. The molecule has 204 valence electrons. The maximum atomic E-state index is 13.4. The number of benzene rings is 1. The van der Waals surface area contributed by atoms with E-state index in [2.05, 4.69) is 33.9 Å². The van der Waals surface area contributed by atoms with Crippen LogP contribution in [0.3, 0.4) is 0 Å². The van der Waals surface area contributed by atoms with Crippen LogP contribution in [-0.2, 0) is 26.0 Å². The van der Waals surface area contributed by atoms with Gasteiger partial charge < -0.3 is 14.7 Å². The first kappa shape index (κ1) is 27.2. The van der Waals surface area contributed by atoms with Crippen LogP contribution in [0.25, 0.3) is 6.08 Å². The molecule has 2 aromatic rings. The Morgan fingerprint density at radius 2 is 1.84 bits per heavy atom. The number of hydrogen-bond donors (Lipinski definition) is 1. The van der Waals surface area contributed by atoms with Crippen LogP contribution in [0.15, 0.2) is 41.8 Å². The molecular weight excluding hydrogens is 544 g/mol. The normalized spacial score (nSPS) is 22.3. The number of thiophene rings is 1. The summed E-state index contributed by atoms with van der Waals surface area (Å²) < 4.78 is 28.3. The number of rotatable bonds is 8. The lowest BCUT2D eigenvalue weighted by Gasteiger charge is -2.37. The second kappa shape index (κ2) is 11.8. The molecule has 2 unspecified atom stereocenters. The fourth-order valence-corrected chi connectivity index (χ4v) is 7.75. The topological polar surface area (TPSA) is 90.0 Å². The molecular formula is C27H33ClN4O4S2. The molecule has 0 spiro atoms. The molecule has 0 bridgehead atoms. The van der Waals surface area contributed by atoms with E-state index in [1.54, 1.807) is 12.1 Å². The molecule has 1 aromatic carbocycles. The molecule has 8 nitrogen and oxygen atoms in total. The minimum atomic E-state index is -3.84. The molecule has 0 saturated carbocycles. The van der Waals surface area contributed by atoms with Crippen LogP contribution in [0.2, 0.25) is 4.34 Å². The number of hydrogen-bond acceptors (Lipinski definition) is 6. The monoisotopic (exact) mass is 576 g/mol. The van der Waals surface area contributed by atoms with Crippen molar-refractivity contribution in [1.82, 2.24) is 14.5 Å². The number of para-hydroxylation sites is 1. The number of aryl methyl sites for hydroxylation is 1. The van der Waals surface area contributed by atoms with Crippen LogP contribution < -0.4 is 9.62 Å². The second-order valence-electron chi connectivity index (χ2n) is 10.1. The summed E-state index contributed by atoms with van der Waals surface area (Å²) in [5.74, 6) is -0.412. The summed E-state index contributed by atoms with van der Waals surface area (Å²) in [6, 6.07) is 11.1. The third-order valence-corrected chi connectivity index (χ3v) is 9.81. The van der Waals surface area contributed by atoms with E-state index in [0.29, 0.717) is 35.1 Å². The highest BCUT2D eigenvalue weighted by molar-refractivity contribution is 7.92. The fraction of sp³-hybridized carbons (Fsp3) is 0.481. The summed E-state index contributed by atoms with van der Waals surface area (Å²) in [4.78, 5) is 33.0. The van der Waals surface area contributed by atoms with E-state index in [1.807, 2.05) is 4.90 Å². The maximum absolute atomic E-state index is 13.4. The van der Waals surface area contributed by atoms with Crippen molar-refractivity contribution in [3.05, 3.63) is 56.6 Å². The van der Waals surface area contributed by atoms with Crippen LogP contribution in [0.1, 0.15) is 42.5 Å². The molecule has 5 rings (SSSR count). The average Bonchev–Trinajstić information content (AvgIpc) is 3.54. The lowest BCUT2D eigenvalue weighted by atomic mass is 10.0. The highest BCUT2D eigenvalue weighted by Gasteiger charge is 2.36. The Morgan fingerprint density at radius 1 is 1.05 bits per heavy atom. The molecule has 3 aliphatic heterocycles. The van der Waals surface area contributed by atoms with Crippen molar-refractivity contribution in [1.29, 1.82) is 0 Å². The first-order valence-electron chi connectivity index (χ1n) is 13.2. The number of carbonyl (C=O) groups is 2. The van der Waals surface area contributed by atoms with Crippen molar-refractivity contribution in [3.63, 3.8) is 0 Å². The Bertz CT molecular complexity index is 1310. The van der Waals surface area contributed by atoms with Gasteiger partial charge in [-0.3, -0.25) is 9.59 Å². The zero-order chi connectivity index (χ0) is 26.7. The van der Waals surface area contributed by atoms with Crippen molar-refractivity contribution in [2.24, 2.45) is 0 Å². The largest absolute Gasteiger partial charge is 0.369 e. The zero-order valence-corrected chi connectivity index (χ0v) is 23.6. The van der Waals surface area contributed by atoms with E-state index < -0.39 is 16.1 Å². The minimum absolute atomic E-state index is 0.0202. The standard InChI is InChI=1S/C27H33ClN4O4S2/c28-25-12-11-22(37-25)13-17-38(35,36)29-23-9-5-15-31(27(23)34)19-26(33)32-16-4-8-21(32)18-30-14-3-7-20-6-1-2-10-24(20)30/h1-2,6,10-13,17,21,23,29H,3-5,7-9,14-16,18-19H2/b17-13+. The summed E-state index contributed by atoms with van der Waals surface area (Å²) in [6.07, 6.45) is 6.58. The van der Waals surface area contributed by atoms with Crippen LogP contribution in [0, 0.1) is 0 Å². The summed E-state index contributed by atoms with van der Waals surface area (Å²) >= 11 is 7.17. The lowest BCUT2D eigenvalue weighted by Crippen LogP contribution is -2.55. The number of anilines is 1. The number of carbonyl (C=O) groups excluding carboxylic acids is 2. The maximum Gasteiger partial charge on any atom is 0.242 e. The summed E-state index contributed by atoms with van der Waals surface area (Å²) in [6.45, 7) is 2.89. The van der Waals surface area contributed by atoms with Crippen molar-refractivity contribution in [3.8, 4) is 0 Å². The highest BCUT2D eigenvalue weighted by atomic mass is 35.5. The van der Waals surface area contributed by atoms with Gasteiger partial charge in [0.15, 0.2) is 0 Å². The van der Waals surface area contributed by atoms with Gasteiger partial charge in [-0.05, 0) is 68.4 Å². The van der Waals surface area contributed by atoms with Crippen molar-refractivity contribution in [2.45, 2.75) is 50.6 Å². The van der Waals surface area contributed by atoms with Gasteiger partial charge in [0.1, 0.15) is 6.04 Å². The highest BCUT2D eigenvalue weighted by Crippen LogP contribution is 2.29. The Morgan fingerprint density at radius 3 is 2.66 bits per heavy atom. The zero-order valence-electron chi connectivity index (χ0n) is 21.2. The minimum Gasteiger partial charge on any atom is -0.369 e. The van der Waals surface area contributed by atoms with Gasteiger partial charge in [-0.25, -0.2) is 8.42 Å². The van der Waals surface area contributed by atoms with E-state index in [-0.39, 0.29) is 24.4 Å². The smallest absolute Gasteiger partial charge is 0.242 e. The molecule has 11 heteroatoms. The van der Waals surface area contributed by atoms with Crippen LogP contribution in [0.5, 0.6) is 0 Å². The van der Waals surface area contributed by atoms with Crippen molar-refractivity contribution in [2.75, 3.05) is 37.6 Å². The number of sulfonamides is 1. The molecule has 3 aliphatic rings. The molecule has 1 aromatic heterocycles. The molecule has 38 heavy (non-hydrogen) atoms. The molecule has 2 fully saturated rings.